The maximum Gasteiger partial charge on any atom is 0.0619 e. The molecule has 288 valence electrons. The second kappa shape index (κ2) is 13.7. The molecule has 0 aliphatic heterocycles. The Morgan fingerprint density at radius 2 is 0.951 bits per heavy atom. The first-order chi connectivity index (χ1) is 30.0. The van der Waals surface area contributed by atoms with Crippen molar-refractivity contribution in [2.24, 2.45) is 0 Å². The Morgan fingerprint density at radius 3 is 1.74 bits per heavy atom. The summed E-state index contributed by atoms with van der Waals surface area (Å²) in [6, 6.07) is 80.4. The van der Waals surface area contributed by atoms with Crippen molar-refractivity contribution in [3.8, 4) is 39.1 Å². The van der Waals surface area contributed by atoms with Crippen molar-refractivity contribution in [1.29, 1.82) is 0 Å². The Kier molecular flexibility index (Phi) is 7.92. The normalized spacial score (nSPS) is 12.9. The Hall–Kier alpha value is -7.68. The number of para-hydroxylation sites is 1. The van der Waals surface area contributed by atoms with Crippen molar-refractivity contribution in [2.75, 3.05) is 4.90 Å². The van der Waals surface area contributed by atoms with E-state index in [1.807, 2.05) is 0 Å². The van der Waals surface area contributed by atoms with Crippen LogP contribution in [-0.2, 0) is 5.41 Å². The summed E-state index contributed by atoms with van der Waals surface area (Å²) in [4.78, 5) is 2.45. The van der Waals surface area contributed by atoms with Crippen LogP contribution in [0.2, 0.25) is 0 Å². The molecule has 0 atom stereocenters. The molecule has 0 amide bonds. The lowest BCUT2D eigenvalue weighted by atomic mass is 9.82. The van der Waals surface area contributed by atoms with E-state index < -0.39 is 0 Å². The van der Waals surface area contributed by atoms with Crippen molar-refractivity contribution < 1.29 is 0 Å². The van der Waals surface area contributed by atoms with Crippen LogP contribution in [0.25, 0.3) is 82.4 Å². The van der Waals surface area contributed by atoms with Crippen molar-refractivity contribution >= 4 is 60.4 Å². The molecule has 0 fully saturated rings. The molecule has 61 heavy (non-hydrogen) atoms. The number of hydrogen-bond donors (Lipinski definition) is 0. The number of benzene rings is 10. The van der Waals surface area contributed by atoms with Gasteiger partial charge < -0.3 is 9.47 Å². The van der Waals surface area contributed by atoms with Crippen molar-refractivity contribution in [1.82, 2.24) is 4.57 Å². The van der Waals surface area contributed by atoms with Crippen LogP contribution in [0.15, 0.2) is 218 Å². The molecular formula is C59H42N2. The first-order valence-electron chi connectivity index (χ1n) is 21.3. The van der Waals surface area contributed by atoms with Crippen LogP contribution in [0.5, 0.6) is 0 Å². The van der Waals surface area contributed by atoms with Gasteiger partial charge in [-0.3, -0.25) is 0 Å². The average Bonchev–Trinajstić information content (AvgIpc) is 3.77. The Bertz CT molecular complexity index is 3480. The lowest BCUT2D eigenvalue weighted by Gasteiger charge is -2.27. The highest BCUT2D eigenvalue weighted by atomic mass is 15.1. The van der Waals surface area contributed by atoms with Crippen LogP contribution in [-0.4, -0.2) is 4.57 Å². The predicted octanol–water partition coefficient (Wildman–Crippen LogP) is 16.2. The van der Waals surface area contributed by atoms with Gasteiger partial charge in [-0.05, 0) is 109 Å². The fraction of sp³-hybridized carbons (Fsp3) is 0.0508. The third-order valence-electron chi connectivity index (χ3n) is 13.2. The minimum Gasteiger partial charge on any atom is -0.310 e. The number of anilines is 3. The molecule has 0 N–H and O–H groups in total. The highest BCUT2D eigenvalue weighted by Crippen LogP contribution is 2.51. The Balaban J connectivity index is 1.08. The average molecular weight is 779 g/mol. The van der Waals surface area contributed by atoms with Gasteiger partial charge in [0.25, 0.3) is 0 Å². The first kappa shape index (κ1) is 35.3. The van der Waals surface area contributed by atoms with Crippen LogP contribution in [0.1, 0.15) is 25.0 Å². The minimum atomic E-state index is -0.0771. The molecule has 12 rings (SSSR count). The Labute approximate surface area is 356 Å². The van der Waals surface area contributed by atoms with Gasteiger partial charge in [0.15, 0.2) is 0 Å². The van der Waals surface area contributed by atoms with Gasteiger partial charge in [-0.1, -0.05) is 184 Å². The maximum atomic E-state index is 2.46. The second-order valence-corrected chi connectivity index (χ2v) is 16.9. The van der Waals surface area contributed by atoms with Crippen molar-refractivity contribution in [2.45, 2.75) is 19.3 Å². The minimum absolute atomic E-state index is 0.0771. The quantitative estimate of drug-likeness (QED) is 0.163. The molecule has 0 bridgehead atoms. The molecule has 1 aromatic heterocycles. The molecule has 0 saturated heterocycles. The maximum absolute atomic E-state index is 2.46. The largest absolute Gasteiger partial charge is 0.310 e. The molecular weight excluding hydrogens is 737 g/mol. The molecule has 11 aromatic rings. The number of fused-ring (bicyclic) bond motifs is 9. The molecule has 1 aliphatic rings. The van der Waals surface area contributed by atoms with Gasteiger partial charge in [0.2, 0.25) is 0 Å². The van der Waals surface area contributed by atoms with Crippen molar-refractivity contribution in [3.63, 3.8) is 0 Å². The van der Waals surface area contributed by atoms with E-state index in [2.05, 4.69) is 242 Å². The number of hydrogen-bond acceptors (Lipinski definition) is 1. The molecule has 2 nitrogen and oxygen atoms in total. The van der Waals surface area contributed by atoms with E-state index in [0.29, 0.717) is 0 Å². The number of aromatic nitrogens is 1. The lowest BCUT2D eigenvalue weighted by Crippen LogP contribution is -2.15. The van der Waals surface area contributed by atoms with E-state index >= 15 is 0 Å². The Morgan fingerprint density at radius 1 is 0.377 bits per heavy atom. The van der Waals surface area contributed by atoms with Crippen LogP contribution >= 0.6 is 0 Å². The topological polar surface area (TPSA) is 8.17 Å². The van der Waals surface area contributed by atoms with Crippen molar-refractivity contribution in [3.05, 3.63) is 230 Å². The zero-order chi connectivity index (χ0) is 40.7. The number of nitrogens with zero attached hydrogens (tertiary/aromatic N) is 2. The fourth-order valence-electron chi connectivity index (χ4n) is 10.3. The summed E-state index contributed by atoms with van der Waals surface area (Å²) < 4.78 is 2.46. The van der Waals surface area contributed by atoms with Gasteiger partial charge in [-0.15, -0.1) is 0 Å². The molecule has 0 unspecified atom stereocenters. The summed E-state index contributed by atoms with van der Waals surface area (Å²) >= 11 is 0. The number of rotatable bonds is 6. The molecule has 2 heteroatoms. The summed E-state index contributed by atoms with van der Waals surface area (Å²) in [7, 11) is 0. The summed E-state index contributed by atoms with van der Waals surface area (Å²) in [5.74, 6) is 0. The van der Waals surface area contributed by atoms with Gasteiger partial charge in [0.1, 0.15) is 0 Å². The standard InChI is InChI=1S/C59H42N2/c1-59(2)54-26-12-11-23-50(54)53-37-45(33-36-55(53)59)60(44-30-27-41(28-31-44)48-25-14-19-42-18-13-24-47(57(42)48)39-15-5-3-6-16-39)46-32-35-51-52-34-29-40-17-9-10-22-49(40)58(52)61(56(51)38-46)43-20-7-4-8-21-43/h3-38H,1-2H3. The van der Waals surface area contributed by atoms with E-state index in [0.717, 1.165) is 22.7 Å². The molecule has 1 aliphatic carbocycles. The summed E-state index contributed by atoms with van der Waals surface area (Å²) in [6.45, 7) is 4.70. The van der Waals surface area contributed by atoms with E-state index in [9.17, 15) is 0 Å². The molecule has 0 saturated carbocycles. The van der Waals surface area contributed by atoms with E-state index in [1.165, 1.54) is 87.9 Å². The molecule has 0 radical (unpaired) electrons. The zero-order valence-electron chi connectivity index (χ0n) is 34.2. The van der Waals surface area contributed by atoms with Gasteiger partial charge in [-0.25, -0.2) is 0 Å². The highest BCUT2D eigenvalue weighted by Gasteiger charge is 2.35. The first-order valence-corrected chi connectivity index (χ1v) is 21.3. The fourth-order valence-corrected chi connectivity index (χ4v) is 10.3. The molecule has 0 spiro atoms. The summed E-state index contributed by atoms with van der Waals surface area (Å²) in [6.07, 6.45) is 0. The monoisotopic (exact) mass is 778 g/mol. The lowest BCUT2D eigenvalue weighted by molar-refractivity contribution is 0.660. The van der Waals surface area contributed by atoms with Gasteiger partial charge >= 0.3 is 0 Å². The third kappa shape index (κ3) is 5.49. The predicted molar refractivity (Wildman–Crippen MR) is 259 cm³/mol. The molecule has 10 aromatic carbocycles. The summed E-state index contributed by atoms with van der Waals surface area (Å²) in [5.41, 5.74) is 17.1. The van der Waals surface area contributed by atoms with Crippen LogP contribution in [0.4, 0.5) is 17.1 Å². The summed E-state index contributed by atoms with van der Waals surface area (Å²) in [5, 5.41) is 7.48. The van der Waals surface area contributed by atoms with Crippen LogP contribution in [0.3, 0.4) is 0 Å². The zero-order valence-corrected chi connectivity index (χ0v) is 34.2. The SMILES string of the molecule is CC1(C)c2ccccc2-c2cc(N(c3ccc(-c4cccc5cccc(-c6ccccc6)c45)cc3)c3ccc4c5ccc6ccccc6c5n(-c5ccccc5)c4c3)ccc21. The second-order valence-electron chi connectivity index (χ2n) is 16.9. The van der Waals surface area contributed by atoms with E-state index in [-0.39, 0.29) is 5.41 Å². The highest BCUT2D eigenvalue weighted by molar-refractivity contribution is 6.19. The van der Waals surface area contributed by atoms with Crippen LogP contribution in [0, 0.1) is 0 Å². The van der Waals surface area contributed by atoms with Crippen LogP contribution < -0.4 is 4.90 Å². The smallest absolute Gasteiger partial charge is 0.0619 e. The third-order valence-corrected chi connectivity index (χ3v) is 13.2. The van der Waals surface area contributed by atoms with E-state index in [4.69, 9.17) is 0 Å². The van der Waals surface area contributed by atoms with E-state index in [1.54, 1.807) is 0 Å². The van der Waals surface area contributed by atoms with Gasteiger partial charge in [0, 0.05) is 44.3 Å². The molecule has 1 heterocycles. The van der Waals surface area contributed by atoms with Gasteiger partial charge in [0.05, 0.1) is 11.0 Å². The van der Waals surface area contributed by atoms with Gasteiger partial charge in [-0.2, -0.15) is 0 Å².